The first-order chi connectivity index (χ1) is 15.2. The number of ether oxygens (including phenoxy) is 2. The van der Waals surface area contributed by atoms with E-state index in [2.05, 4.69) is 4.90 Å². The van der Waals surface area contributed by atoms with Crippen molar-refractivity contribution >= 4 is 38.9 Å². The maximum absolute atomic E-state index is 13.5. The van der Waals surface area contributed by atoms with E-state index in [0.29, 0.717) is 42.7 Å². The van der Waals surface area contributed by atoms with Crippen molar-refractivity contribution in [3.8, 4) is 11.5 Å². The molecule has 3 rings (SSSR count). The molecule has 1 fully saturated rings. The molecule has 1 amide bonds. The topological polar surface area (TPSA) is 79.4 Å². The van der Waals surface area contributed by atoms with Crippen molar-refractivity contribution in [2.45, 2.75) is 6.92 Å². The Morgan fingerprint density at radius 2 is 1.69 bits per heavy atom. The third-order valence-electron chi connectivity index (χ3n) is 5.59. The standard InChI is InChI=1S/C22H28ClN3O5S/c1-5-32(28,29)24(2)19-15-21(31-4)20(30-3)14-18(19)22(27)26-11-9-25(10-12-26)17-8-6-7-16(23)13-17/h6-8,13-15H,5,9-12H2,1-4H3. The van der Waals surface area contributed by atoms with Crippen LogP contribution in [0.5, 0.6) is 11.5 Å². The Bertz CT molecular complexity index is 1080. The van der Waals surface area contributed by atoms with Crippen molar-refractivity contribution in [3.63, 3.8) is 0 Å². The van der Waals surface area contributed by atoms with Gasteiger partial charge in [-0.2, -0.15) is 0 Å². The van der Waals surface area contributed by atoms with Crippen LogP contribution in [0.25, 0.3) is 0 Å². The number of carbonyl (C=O) groups is 1. The van der Waals surface area contributed by atoms with Crippen molar-refractivity contribution < 1.29 is 22.7 Å². The number of sulfonamides is 1. The molecule has 0 aromatic heterocycles. The number of amides is 1. The van der Waals surface area contributed by atoms with Crippen molar-refractivity contribution in [3.05, 3.63) is 47.0 Å². The van der Waals surface area contributed by atoms with Crippen LogP contribution in [0.1, 0.15) is 17.3 Å². The van der Waals surface area contributed by atoms with E-state index >= 15 is 0 Å². The smallest absolute Gasteiger partial charge is 0.256 e. The molecule has 2 aromatic rings. The number of rotatable bonds is 7. The molecule has 0 radical (unpaired) electrons. The molecule has 0 bridgehead atoms. The fraction of sp³-hybridized carbons (Fsp3) is 0.409. The zero-order chi connectivity index (χ0) is 23.5. The lowest BCUT2D eigenvalue weighted by Gasteiger charge is -2.36. The Labute approximate surface area is 194 Å². The number of benzene rings is 2. The second-order valence-electron chi connectivity index (χ2n) is 7.35. The second-order valence-corrected chi connectivity index (χ2v) is 10.1. The monoisotopic (exact) mass is 481 g/mol. The van der Waals surface area contributed by atoms with Gasteiger partial charge in [-0.3, -0.25) is 9.10 Å². The number of hydrogen-bond acceptors (Lipinski definition) is 6. The van der Waals surface area contributed by atoms with Gasteiger partial charge in [-0.05, 0) is 31.2 Å². The molecular formula is C22H28ClN3O5S. The van der Waals surface area contributed by atoms with E-state index in [9.17, 15) is 13.2 Å². The summed E-state index contributed by atoms with van der Waals surface area (Å²) in [5.74, 6) is 0.358. The highest BCUT2D eigenvalue weighted by Crippen LogP contribution is 2.36. The quantitative estimate of drug-likeness (QED) is 0.604. The molecule has 0 N–H and O–H groups in total. The summed E-state index contributed by atoms with van der Waals surface area (Å²) in [6.07, 6.45) is 0. The summed E-state index contributed by atoms with van der Waals surface area (Å²) in [5, 5.41) is 0.663. The molecule has 1 aliphatic heterocycles. The molecule has 1 saturated heterocycles. The highest BCUT2D eigenvalue weighted by molar-refractivity contribution is 7.92. The van der Waals surface area contributed by atoms with Gasteiger partial charge in [0.15, 0.2) is 11.5 Å². The van der Waals surface area contributed by atoms with Crippen molar-refractivity contribution in [2.75, 3.05) is 62.4 Å². The Balaban J connectivity index is 1.90. The first-order valence-corrected chi connectivity index (χ1v) is 12.2. The summed E-state index contributed by atoms with van der Waals surface area (Å²) in [7, 11) is 0.792. The van der Waals surface area contributed by atoms with Crippen LogP contribution in [0.2, 0.25) is 5.02 Å². The maximum atomic E-state index is 13.5. The van der Waals surface area contributed by atoms with Gasteiger partial charge in [0.1, 0.15) is 0 Å². The van der Waals surface area contributed by atoms with E-state index in [1.54, 1.807) is 17.9 Å². The number of piperazine rings is 1. The van der Waals surface area contributed by atoms with Crippen LogP contribution >= 0.6 is 11.6 Å². The van der Waals surface area contributed by atoms with E-state index in [-0.39, 0.29) is 22.9 Å². The van der Waals surface area contributed by atoms with Gasteiger partial charge in [0.05, 0.1) is 31.2 Å². The normalized spacial score (nSPS) is 14.3. The number of methoxy groups -OCH3 is 2. The lowest BCUT2D eigenvalue weighted by molar-refractivity contribution is 0.0747. The van der Waals surface area contributed by atoms with E-state index in [1.165, 1.54) is 27.3 Å². The number of nitrogens with zero attached hydrogens (tertiary/aromatic N) is 3. The van der Waals surface area contributed by atoms with E-state index in [4.69, 9.17) is 21.1 Å². The molecule has 0 aliphatic carbocycles. The molecule has 0 saturated carbocycles. The number of carbonyl (C=O) groups excluding carboxylic acids is 1. The van der Waals surface area contributed by atoms with Crippen LogP contribution in [0.4, 0.5) is 11.4 Å². The third-order valence-corrected chi connectivity index (χ3v) is 7.59. The average Bonchev–Trinajstić information content (AvgIpc) is 2.82. The van der Waals surface area contributed by atoms with Gasteiger partial charge in [0.2, 0.25) is 10.0 Å². The van der Waals surface area contributed by atoms with E-state index < -0.39 is 10.0 Å². The molecular weight excluding hydrogens is 454 g/mol. The summed E-state index contributed by atoms with van der Waals surface area (Å²) < 4.78 is 36.9. The minimum absolute atomic E-state index is 0.0935. The summed E-state index contributed by atoms with van der Waals surface area (Å²) in [4.78, 5) is 17.4. The molecule has 2 aromatic carbocycles. The summed E-state index contributed by atoms with van der Waals surface area (Å²) in [6.45, 7) is 3.81. The average molecular weight is 482 g/mol. The van der Waals surface area contributed by atoms with Gasteiger partial charge in [0.25, 0.3) is 5.91 Å². The molecule has 32 heavy (non-hydrogen) atoms. The third kappa shape index (κ3) is 4.88. The molecule has 0 unspecified atom stereocenters. The Hall–Kier alpha value is -2.65. The Morgan fingerprint density at radius 1 is 1.06 bits per heavy atom. The van der Waals surface area contributed by atoms with Gasteiger partial charge < -0.3 is 19.3 Å². The summed E-state index contributed by atoms with van der Waals surface area (Å²) in [5.41, 5.74) is 1.51. The fourth-order valence-corrected chi connectivity index (χ4v) is 4.68. The zero-order valence-electron chi connectivity index (χ0n) is 18.7. The molecule has 10 heteroatoms. The summed E-state index contributed by atoms with van der Waals surface area (Å²) in [6, 6.07) is 10.7. The largest absolute Gasteiger partial charge is 0.493 e. The van der Waals surface area contributed by atoms with Crippen LogP contribution in [0.15, 0.2) is 36.4 Å². The number of anilines is 2. The van der Waals surface area contributed by atoms with Crippen LogP contribution in [-0.2, 0) is 10.0 Å². The predicted octanol–water partition coefficient (Wildman–Crippen LogP) is 3.11. The molecule has 1 aliphatic rings. The van der Waals surface area contributed by atoms with E-state index in [0.717, 1.165) is 9.99 Å². The van der Waals surface area contributed by atoms with Crippen LogP contribution in [-0.4, -0.2) is 72.4 Å². The molecule has 1 heterocycles. The van der Waals surface area contributed by atoms with Crippen molar-refractivity contribution in [1.29, 1.82) is 0 Å². The lowest BCUT2D eigenvalue weighted by Crippen LogP contribution is -2.49. The predicted molar refractivity (Wildman–Crippen MR) is 127 cm³/mol. The number of halogens is 1. The van der Waals surface area contributed by atoms with Crippen LogP contribution in [0, 0.1) is 0 Å². The number of hydrogen-bond donors (Lipinski definition) is 0. The molecule has 0 spiro atoms. The highest BCUT2D eigenvalue weighted by Gasteiger charge is 2.29. The van der Waals surface area contributed by atoms with Gasteiger partial charge in [-0.15, -0.1) is 0 Å². The Morgan fingerprint density at radius 3 is 2.25 bits per heavy atom. The molecule has 8 nitrogen and oxygen atoms in total. The van der Waals surface area contributed by atoms with E-state index in [1.807, 2.05) is 24.3 Å². The van der Waals surface area contributed by atoms with Gasteiger partial charge in [-0.25, -0.2) is 8.42 Å². The van der Waals surface area contributed by atoms with Crippen molar-refractivity contribution in [1.82, 2.24) is 4.90 Å². The summed E-state index contributed by atoms with van der Waals surface area (Å²) >= 11 is 6.11. The van der Waals surface area contributed by atoms with Crippen LogP contribution in [0.3, 0.4) is 0 Å². The lowest BCUT2D eigenvalue weighted by atomic mass is 10.1. The zero-order valence-corrected chi connectivity index (χ0v) is 20.2. The maximum Gasteiger partial charge on any atom is 0.256 e. The molecule has 0 atom stereocenters. The van der Waals surface area contributed by atoms with Gasteiger partial charge in [-0.1, -0.05) is 17.7 Å². The van der Waals surface area contributed by atoms with Crippen molar-refractivity contribution in [2.24, 2.45) is 0 Å². The Kier molecular flexibility index (Phi) is 7.40. The highest BCUT2D eigenvalue weighted by atomic mass is 35.5. The fourth-order valence-electron chi connectivity index (χ4n) is 3.65. The minimum atomic E-state index is -3.59. The first-order valence-electron chi connectivity index (χ1n) is 10.2. The SMILES string of the molecule is CCS(=O)(=O)N(C)c1cc(OC)c(OC)cc1C(=O)N1CCN(c2cccc(Cl)c2)CC1. The van der Waals surface area contributed by atoms with Gasteiger partial charge >= 0.3 is 0 Å². The first kappa shape index (κ1) is 24.0. The minimum Gasteiger partial charge on any atom is -0.493 e. The second kappa shape index (κ2) is 9.87. The molecule has 174 valence electrons. The van der Waals surface area contributed by atoms with Crippen LogP contribution < -0.4 is 18.7 Å². The van der Waals surface area contributed by atoms with Gasteiger partial charge in [0, 0.05) is 50.0 Å².